The highest BCUT2D eigenvalue weighted by molar-refractivity contribution is 7.47. The van der Waals surface area contributed by atoms with Crippen LogP contribution >= 0.6 is 7.82 Å². The van der Waals surface area contributed by atoms with Gasteiger partial charge in [-0.2, -0.15) is 0 Å². The number of phosphoric acid groups is 1. The van der Waals surface area contributed by atoms with Crippen molar-refractivity contribution in [2.24, 2.45) is 5.73 Å². The van der Waals surface area contributed by atoms with Gasteiger partial charge in [-0.25, -0.2) is 4.57 Å². The monoisotopic (exact) mass is 828 g/mol. The fourth-order valence-electron chi connectivity index (χ4n) is 6.79. The van der Waals surface area contributed by atoms with E-state index in [2.05, 4.69) is 38.2 Å². The Morgan fingerprint density at radius 2 is 0.947 bits per heavy atom. The standard InChI is InChI=1S/C47H90NO8P/c1-3-5-7-9-11-13-15-17-18-19-20-21-22-23-24-25-26-28-29-31-33-35-37-39-46(49)53-43-45(44-55-57(51,52)54-42-41-48)56-47(50)40-38-36-34-32-30-27-16-14-12-10-8-6-4-2/h8,10,14,16,45H,3-7,9,11-13,15,17-44,48H2,1-2H3,(H,51,52)/b10-8-,16-14-. The minimum Gasteiger partial charge on any atom is -0.462 e. The molecule has 0 amide bonds. The first-order valence-corrected chi connectivity index (χ1v) is 25.3. The van der Waals surface area contributed by atoms with Crippen LogP contribution in [-0.4, -0.2) is 49.3 Å². The average molecular weight is 828 g/mol. The maximum atomic E-state index is 12.6. The minimum atomic E-state index is -4.38. The second kappa shape index (κ2) is 44.1. The third kappa shape index (κ3) is 43.9. The van der Waals surface area contributed by atoms with E-state index in [9.17, 15) is 19.0 Å². The summed E-state index contributed by atoms with van der Waals surface area (Å²) in [4.78, 5) is 34.9. The molecule has 0 saturated carbocycles. The highest BCUT2D eigenvalue weighted by atomic mass is 31.2. The van der Waals surface area contributed by atoms with E-state index in [1.807, 2.05) is 0 Å². The first-order chi connectivity index (χ1) is 27.8. The van der Waals surface area contributed by atoms with E-state index >= 15 is 0 Å². The molecule has 0 spiro atoms. The van der Waals surface area contributed by atoms with Gasteiger partial charge in [0, 0.05) is 19.4 Å². The fourth-order valence-corrected chi connectivity index (χ4v) is 7.56. The lowest BCUT2D eigenvalue weighted by Gasteiger charge is -2.19. The minimum absolute atomic E-state index is 0.0525. The van der Waals surface area contributed by atoms with E-state index in [1.165, 1.54) is 135 Å². The molecule has 0 bridgehead atoms. The zero-order chi connectivity index (χ0) is 41.8. The summed E-state index contributed by atoms with van der Waals surface area (Å²) in [6, 6.07) is 0. The zero-order valence-corrected chi connectivity index (χ0v) is 38.0. The Labute approximate surface area is 351 Å². The predicted octanol–water partition coefficient (Wildman–Crippen LogP) is 13.9. The number of rotatable bonds is 45. The topological polar surface area (TPSA) is 134 Å². The van der Waals surface area contributed by atoms with E-state index in [1.54, 1.807) is 0 Å². The smallest absolute Gasteiger partial charge is 0.462 e. The predicted molar refractivity (Wildman–Crippen MR) is 238 cm³/mol. The molecule has 0 aromatic heterocycles. The maximum absolute atomic E-state index is 12.6. The number of nitrogens with two attached hydrogens (primary N) is 1. The third-order valence-corrected chi connectivity index (χ3v) is 11.3. The van der Waals surface area contributed by atoms with E-state index in [0.29, 0.717) is 6.42 Å². The van der Waals surface area contributed by atoms with E-state index in [0.717, 1.165) is 64.2 Å². The molecule has 0 radical (unpaired) electrons. The molecule has 10 heteroatoms. The summed E-state index contributed by atoms with van der Waals surface area (Å²) < 4.78 is 32.8. The number of phosphoric ester groups is 1. The lowest BCUT2D eigenvalue weighted by Crippen LogP contribution is -2.29. The van der Waals surface area contributed by atoms with Crippen molar-refractivity contribution >= 4 is 19.8 Å². The lowest BCUT2D eigenvalue weighted by molar-refractivity contribution is -0.161. The number of unbranched alkanes of at least 4 members (excludes halogenated alkanes) is 28. The van der Waals surface area contributed by atoms with Crippen molar-refractivity contribution in [1.82, 2.24) is 0 Å². The molecule has 0 rings (SSSR count). The Morgan fingerprint density at radius 3 is 1.40 bits per heavy atom. The number of esters is 2. The third-order valence-electron chi connectivity index (χ3n) is 10.3. The summed E-state index contributed by atoms with van der Waals surface area (Å²) in [7, 11) is -4.38. The molecule has 336 valence electrons. The van der Waals surface area contributed by atoms with Gasteiger partial charge in [-0.15, -0.1) is 0 Å². The van der Waals surface area contributed by atoms with E-state index < -0.39 is 26.5 Å². The fraction of sp³-hybridized carbons (Fsp3) is 0.872. The molecular formula is C47H90NO8P. The van der Waals surface area contributed by atoms with Crippen LogP contribution < -0.4 is 5.73 Å². The van der Waals surface area contributed by atoms with Gasteiger partial charge in [-0.05, 0) is 38.5 Å². The Balaban J connectivity index is 3.99. The van der Waals surface area contributed by atoms with Gasteiger partial charge in [-0.1, -0.05) is 205 Å². The normalized spacial score (nSPS) is 13.4. The summed E-state index contributed by atoms with van der Waals surface area (Å²) >= 11 is 0. The Hall–Kier alpha value is -1.51. The van der Waals surface area contributed by atoms with E-state index in [-0.39, 0.29) is 38.6 Å². The summed E-state index contributed by atoms with van der Waals surface area (Å²) in [5.74, 6) is -0.835. The van der Waals surface area contributed by atoms with Crippen molar-refractivity contribution in [2.45, 2.75) is 238 Å². The molecule has 0 heterocycles. The lowest BCUT2D eigenvalue weighted by atomic mass is 10.0. The van der Waals surface area contributed by atoms with Crippen LogP contribution in [0.2, 0.25) is 0 Å². The SMILES string of the molecule is CCC/C=C\C/C=C\CCCCCCCC(=O)OC(COC(=O)CCCCCCCCCCCCCCCCCCCCCCCCC)COP(=O)(O)OCCN. The van der Waals surface area contributed by atoms with Gasteiger partial charge in [0.2, 0.25) is 0 Å². The van der Waals surface area contributed by atoms with Gasteiger partial charge in [0.15, 0.2) is 6.10 Å². The van der Waals surface area contributed by atoms with Crippen LogP contribution in [0.1, 0.15) is 232 Å². The van der Waals surface area contributed by atoms with Crippen LogP contribution in [0, 0.1) is 0 Å². The molecule has 0 saturated heterocycles. The van der Waals surface area contributed by atoms with Crippen molar-refractivity contribution in [3.8, 4) is 0 Å². The molecule has 0 aliphatic carbocycles. The number of allylic oxidation sites excluding steroid dienone is 4. The van der Waals surface area contributed by atoms with Gasteiger partial charge in [0.05, 0.1) is 13.2 Å². The van der Waals surface area contributed by atoms with E-state index in [4.69, 9.17) is 24.3 Å². The maximum Gasteiger partial charge on any atom is 0.472 e. The quantitative estimate of drug-likeness (QED) is 0.0266. The molecule has 0 fully saturated rings. The van der Waals surface area contributed by atoms with Gasteiger partial charge in [0.25, 0.3) is 0 Å². The van der Waals surface area contributed by atoms with Gasteiger partial charge in [0.1, 0.15) is 6.61 Å². The van der Waals surface area contributed by atoms with Crippen molar-refractivity contribution in [3.63, 3.8) is 0 Å². The Bertz CT molecular complexity index is 990. The second-order valence-corrected chi connectivity index (χ2v) is 17.4. The number of carbonyl (C=O) groups excluding carboxylic acids is 2. The Morgan fingerprint density at radius 1 is 0.526 bits per heavy atom. The van der Waals surface area contributed by atoms with Gasteiger partial charge >= 0.3 is 19.8 Å². The van der Waals surface area contributed by atoms with Gasteiger partial charge in [-0.3, -0.25) is 18.6 Å². The molecule has 0 aromatic carbocycles. The summed E-state index contributed by atoms with van der Waals surface area (Å²) in [5, 5.41) is 0. The molecule has 0 aliphatic rings. The summed E-state index contributed by atoms with van der Waals surface area (Å²) in [6.45, 7) is 3.68. The summed E-state index contributed by atoms with van der Waals surface area (Å²) in [5.41, 5.74) is 5.35. The van der Waals surface area contributed by atoms with Crippen LogP contribution in [0.25, 0.3) is 0 Å². The van der Waals surface area contributed by atoms with Gasteiger partial charge < -0.3 is 20.1 Å². The molecule has 2 atom stereocenters. The van der Waals surface area contributed by atoms with Crippen molar-refractivity contribution in [1.29, 1.82) is 0 Å². The zero-order valence-electron chi connectivity index (χ0n) is 37.1. The van der Waals surface area contributed by atoms with Crippen molar-refractivity contribution in [3.05, 3.63) is 24.3 Å². The molecule has 3 N–H and O–H groups in total. The molecule has 0 aromatic rings. The van der Waals surface area contributed by atoms with Crippen LogP contribution in [0.3, 0.4) is 0 Å². The Kier molecular flexibility index (Phi) is 42.9. The molecule has 57 heavy (non-hydrogen) atoms. The number of hydrogen-bond acceptors (Lipinski definition) is 8. The first-order valence-electron chi connectivity index (χ1n) is 23.8. The molecule has 2 unspecified atom stereocenters. The average Bonchev–Trinajstić information content (AvgIpc) is 3.20. The van der Waals surface area contributed by atoms with Crippen molar-refractivity contribution in [2.75, 3.05) is 26.4 Å². The largest absolute Gasteiger partial charge is 0.472 e. The number of hydrogen-bond donors (Lipinski definition) is 2. The van der Waals surface area contributed by atoms with Crippen LogP contribution in [0.4, 0.5) is 0 Å². The van der Waals surface area contributed by atoms with Crippen LogP contribution in [-0.2, 0) is 32.7 Å². The molecule has 9 nitrogen and oxygen atoms in total. The highest BCUT2D eigenvalue weighted by Crippen LogP contribution is 2.43. The highest BCUT2D eigenvalue weighted by Gasteiger charge is 2.26. The molecular weight excluding hydrogens is 737 g/mol. The number of carbonyl (C=O) groups is 2. The summed E-state index contributed by atoms with van der Waals surface area (Å²) in [6.07, 6.45) is 47.9. The number of ether oxygens (including phenoxy) is 2. The second-order valence-electron chi connectivity index (χ2n) is 16.0. The first kappa shape index (κ1) is 55.5. The van der Waals surface area contributed by atoms with Crippen LogP contribution in [0.15, 0.2) is 24.3 Å². The van der Waals surface area contributed by atoms with Crippen LogP contribution in [0.5, 0.6) is 0 Å². The van der Waals surface area contributed by atoms with Crippen molar-refractivity contribution < 1.29 is 37.6 Å². The molecule has 0 aliphatic heterocycles.